The lowest BCUT2D eigenvalue weighted by Crippen LogP contribution is -2.11. The van der Waals surface area contributed by atoms with Crippen LogP contribution in [0.15, 0.2) is 65.3 Å². The molecule has 134 valence electrons. The van der Waals surface area contributed by atoms with E-state index in [2.05, 4.69) is 15.3 Å². The van der Waals surface area contributed by atoms with E-state index >= 15 is 0 Å². The fourth-order valence-electron chi connectivity index (χ4n) is 2.63. The summed E-state index contributed by atoms with van der Waals surface area (Å²) in [6.07, 6.45) is 3.18. The van der Waals surface area contributed by atoms with Gasteiger partial charge in [-0.25, -0.2) is 4.98 Å². The van der Waals surface area contributed by atoms with Crippen molar-refractivity contribution in [1.29, 1.82) is 0 Å². The van der Waals surface area contributed by atoms with E-state index in [9.17, 15) is 9.90 Å². The molecule has 0 saturated carbocycles. The summed E-state index contributed by atoms with van der Waals surface area (Å²) in [5.41, 5.74) is 2.51. The Morgan fingerprint density at radius 1 is 1.15 bits per heavy atom. The Kier molecular flexibility index (Phi) is 4.18. The minimum absolute atomic E-state index is 0.00281. The van der Waals surface area contributed by atoms with Crippen LogP contribution in [0.25, 0.3) is 22.6 Å². The number of aromatic nitrogens is 2. The van der Waals surface area contributed by atoms with Crippen LogP contribution in [-0.4, -0.2) is 28.1 Å². The number of pyridine rings is 1. The number of amides is 1. The molecule has 0 saturated heterocycles. The van der Waals surface area contributed by atoms with E-state index < -0.39 is 0 Å². The monoisotopic (exact) mass is 361 g/mol. The van der Waals surface area contributed by atoms with Gasteiger partial charge in [-0.3, -0.25) is 9.78 Å². The summed E-state index contributed by atoms with van der Waals surface area (Å²) in [5.74, 6) is 0.632. The number of nitrogens with zero attached hydrogens (tertiary/aromatic N) is 2. The maximum Gasteiger partial charge on any atom is 0.255 e. The summed E-state index contributed by atoms with van der Waals surface area (Å²) in [4.78, 5) is 20.7. The molecule has 0 aliphatic rings. The van der Waals surface area contributed by atoms with Crippen molar-refractivity contribution in [3.05, 3.63) is 66.5 Å². The maximum absolute atomic E-state index is 12.4. The average Bonchev–Trinajstić information content (AvgIpc) is 3.13. The number of carbonyl (C=O) groups excluding carboxylic acids is 1. The number of anilines is 1. The Hall–Kier alpha value is -3.87. The zero-order valence-corrected chi connectivity index (χ0v) is 14.3. The number of oxazole rings is 1. The summed E-state index contributed by atoms with van der Waals surface area (Å²) in [5, 5.41) is 13.0. The maximum atomic E-state index is 12.4. The number of phenolic OH excluding ortho intramolecular Hbond substituents is 1. The summed E-state index contributed by atoms with van der Waals surface area (Å²) >= 11 is 0. The van der Waals surface area contributed by atoms with E-state index in [1.54, 1.807) is 62.0 Å². The molecule has 7 heteroatoms. The van der Waals surface area contributed by atoms with Gasteiger partial charge >= 0.3 is 0 Å². The van der Waals surface area contributed by atoms with Gasteiger partial charge in [-0.05, 0) is 42.5 Å². The molecule has 4 rings (SSSR count). The molecule has 0 aliphatic heterocycles. The Labute approximate surface area is 154 Å². The molecule has 0 fully saturated rings. The zero-order valence-electron chi connectivity index (χ0n) is 14.3. The number of carbonyl (C=O) groups is 1. The molecule has 2 aromatic carbocycles. The number of benzene rings is 2. The Morgan fingerprint density at radius 2 is 1.96 bits per heavy atom. The first-order valence-corrected chi connectivity index (χ1v) is 8.13. The average molecular weight is 361 g/mol. The van der Waals surface area contributed by atoms with Gasteiger partial charge in [0.1, 0.15) is 17.0 Å². The SMILES string of the molecule is COc1ccc(C(=O)Nc2ccc(O)c(-c3nc4cnccc4o3)c2)cc1. The molecule has 2 aromatic heterocycles. The van der Waals surface area contributed by atoms with E-state index in [0.717, 1.165) is 0 Å². The molecule has 0 radical (unpaired) electrons. The summed E-state index contributed by atoms with van der Waals surface area (Å²) in [6.45, 7) is 0. The van der Waals surface area contributed by atoms with Crippen LogP contribution in [0.2, 0.25) is 0 Å². The van der Waals surface area contributed by atoms with E-state index in [0.29, 0.717) is 33.7 Å². The fraction of sp³-hybridized carbons (Fsp3) is 0.0500. The number of ether oxygens (including phenoxy) is 1. The van der Waals surface area contributed by atoms with Gasteiger partial charge in [0.2, 0.25) is 5.89 Å². The molecular formula is C20H15N3O4. The van der Waals surface area contributed by atoms with Crippen LogP contribution in [-0.2, 0) is 0 Å². The molecule has 0 aliphatic carbocycles. The highest BCUT2D eigenvalue weighted by atomic mass is 16.5. The van der Waals surface area contributed by atoms with Crippen molar-refractivity contribution in [3.63, 3.8) is 0 Å². The van der Waals surface area contributed by atoms with Crippen LogP contribution >= 0.6 is 0 Å². The lowest BCUT2D eigenvalue weighted by Gasteiger charge is -2.08. The van der Waals surface area contributed by atoms with Crippen LogP contribution < -0.4 is 10.1 Å². The van der Waals surface area contributed by atoms with Gasteiger partial charge < -0.3 is 19.6 Å². The van der Waals surface area contributed by atoms with Gasteiger partial charge in [-0.2, -0.15) is 0 Å². The van der Waals surface area contributed by atoms with Crippen molar-refractivity contribution in [3.8, 4) is 23.0 Å². The molecule has 1 amide bonds. The second kappa shape index (κ2) is 6.80. The Morgan fingerprint density at radius 3 is 2.70 bits per heavy atom. The summed E-state index contributed by atoms with van der Waals surface area (Å²) < 4.78 is 10.8. The minimum Gasteiger partial charge on any atom is -0.507 e. The van der Waals surface area contributed by atoms with Gasteiger partial charge in [0.25, 0.3) is 5.91 Å². The number of hydrogen-bond donors (Lipinski definition) is 2. The number of nitrogens with one attached hydrogen (secondary N) is 1. The smallest absolute Gasteiger partial charge is 0.255 e. The molecule has 4 aromatic rings. The normalized spacial score (nSPS) is 10.7. The highest BCUT2D eigenvalue weighted by molar-refractivity contribution is 6.04. The van der Waals surface area contributed by atoms with E-state index in [-0.39, 0.29) is 17.5 Å². The van der Waals surface area contributed by atoms with E-state index in [1.807, 2.05) is 0 Å². The molecule has 0 atom stereocenters. The van der Waals surface area contributed by atoms with E-state index in [4.69, 9.17) is 9.15 Å². The Bertz CT molecular complexity index is 1090. The van der Waals surface area contributed by atoms with Crippen LogP contribution in [0.5, 0.6) is 11.5 Å². The molecule has 2 heterocycles. The first-order valence-electron chi connectivity index (χ1n) is 8.13. The highest BCUT2D eigenvalue weighted by Crippen LogP contribution is 2.33. The molecular weight excluding hydrogens is 346 g/mol. The number of rotatable bonds is 4. The lowest BCUT2D eigenvalue weighted by molar-refractivity contribution is 0.102. The Balaban J connectivity index is 1.62. The zero-order chi connectivity index (χ0) is 18.8. The van der Waals surface area contributed by atoms with Gasteiger partial charge in [-0.1, -0.05) is 0 Å². The third-order valence-electron chi connectivity index (χ3n) is 4.03. The molecule has 27 heavy (non-hydrogen) atoms. The van der Waals surface area contributed by atoms with Crippen LogP contribution in [0.4, 0.5) is 5.69 Å². The second-order valence-corrected chi connectivity index (χ2v) is 5.78. The van der Waals surface area contributed by atoms with Gasteiger partial charge in [0.15, 0.2) is 5.58 Å². The van der Waals surface area contributed by atoms with Crippen molar-refractivity contribution >= 4 is 22.7 Å². The van der Waals surface area contributed by atoms with Crippen LogP contribution in [0.1, 0.15) is 10.4 Å². The summed E-state index contributed by atoms with van der Waals surface area (Å²) in [6, 6.07) is 13.1. The van der Waals surface area contributed by atoms with Crippen molar-refractivity contribution in [2.75, 3.05) is 12.4 Å². The number of methoxy groups -OCH3 is 1. The van der Waals surface area contributed by atoms with Crippen LogP contribution in [0, 0.1) is 0 Å². The first kappa shape index (κ1) is 16.6. The first-order chi connectivity index (χ1) is 13.1. The third kappa shape index (κ3) is 3.30. The van der Waals surface area contributed by atoms with E-state index in [1.165, 1.54) is 6.07 Å². The molecule has 0 spiro atoms. The van der Waals surface area contributed by atoms with Gasteiger partial charge in [-0.15, -0.1) is 0 Å². The lowest BCUT2D eigenvalue weighted by atomic mass is 10.1. The largest absolute Gasteiger partial charge is 0.507 e. The number of hydrogen-bond acceptors (Lipinski definition) is 6. The third-order valence-corrected chi connectivity index (χ3v) is 4.03. The molecule has 2 N–H and O–H groups in total. The highest BCUT2D eigenvalue weighted by Gasteiger charge is 2.14. The molecule has 0 unspecified atom stereocenters. The predicted molar refractivity (Wildman–Crippen MR) is 99.9 cm³/mol. The standard InChI is InChI=1S/C20H15N3O4/c1-26-14-5-2-12(3-6-14)19(25)22-13-4-7-17(24)15(10-13)20-23-16-11-21-9-8-18(16)27-20/h2-11,24H,1H3,(H,22,25). The van der Waals surface area contributed by atoms with Crippen molar-refractivity contribution in [2.24, 2.45) is 0 Å². The van der Waals surface area contributed by atoms with Gasteiger partial charge in [0, 0.05) is 23.5 Å². The quantitative estimate of drug-likeness (QED) is 0.536. The number of phenols is 1. The van der Waals surface area contributed by atoms with Crippen LogP contribution in [0.3, 0.4) is 0 Å². The van der Waals surface area contributed by atoms with Crippen molar-refractivity contribution < 1.29 is 19.1 Å². The second-order valence-electron chi connectivity index (χ2n) is 5.78. The van der Waals surface area contributed by atoms with Crippen molar-refractivity contribution in [2.45, 2.75) is 0 Å². The minimum atomic E-state index is -0.281. The predicted octanol–water partition coefficient (Wildman–Crippen LogP) is 3.86. The number of fused-ring (bicyclic) bond motifs is 1. The number of aromatic hydroxyl groups is 1. The molecule has 7 nitrogen and oxygen atoms in total. The fourth-order valence-corrected chi connectivity index (χ4v) is 2.63. The van der Waals surface area contributed by atoms with Gasteiger partial charge in [0.05, 0.1) is 18.9 Å². The summed E-state index contributed by atoms with van der Waals surface area (Å²) in [7, 11) is 1.56. The topological polar surface area (TPSA) is 97.5 Å². The molecule has 0 bridgehead atoms. The van der Waals surface area contributed by atoms with Crippen molar-refractivity contribution in [1.82, 2.24) is 9.97 Å².